The van der Waals surface area contributed by atoms with Crippen molar-refractivity contribution in [2.45, 2.75) is 45.2 Å². The molecule has 2 atom stereocenters. The van der Waals surface area contributed by atoms with Gasteiger partial charge in [0.15, 0.2) is 0 Å². The number of rotatable bonds is 6. The Bertz CT molecular complexity index is 908. The van der Waals surface area contributed by atoms with Gasteiger partial charge in [-0.1, -0.05) is 12.2 Å². The Morgan fingerprint density at radius 3 is 2.75 bits per heavy atom. The maximum atomic E-state index is 12.3. The summed E-state index contributed by atoms with van der Waals surface area (Å²) in [5.74, 6) is 0.954. The van der Waals surface area contributed by atoms with Gasteiger partial charge in [0.25, 0.3) is 0 Å². The Balaban J connectivity index is 1.58. The first kappa shape index (κ1) is 19.5. The molecule has 2 aromatic rings. The molecule has 0 saturated carbocycles. The van der Waals surface area contributed by atoms with Crippen LogP contribution in [0.2, 0.25) is 0 Å². The maximum absolute atomic E-state index is 12.3. The smallest absolute Gasteiger partial charge is 0.319 e. The van der Waals surface area contributed by atoms with Gasteiger partial charge in [-0.05, 0) is 44.5 Å². The summed E-state index contributed by atoms with van der Waals surface area (Å²) in [5, 5.41) is 19.2. The van der Waals surface area contributed by atoms with Gasteiger partial charge in [-0.2, -0.15) is 10.4 Å². The topological polar surface area (TPSA) is 92.0 Å². The summed E-state index contributed by atoms with van der Waals surface area (Å²) >= 11 is 0. The summed E-state index contributed by atoms with van der Waals surface area (Å²) in [6.45, 7) is 4.64. The monoisotopic (exact) mass is 379 g/mol. The molecule has 1 aromatic heterocycles. The van der Waals surface area contributed by atoms with Crippen molar-refractivity contribution in [3.8, 4) is 11.8 Å². The third-order valence-corrected chi connectivity index (χ3v) is 4.99. The molecule has 0 saturated heterocycles. The molecular weight excluding hydrogens is 354 g/mol. The van der Waals surface area contributed by atoms with Crippen molar-refractivity contribution in [1.29, 1.82) is 5.26 Å². The number of carbonyl (C=O) groups is 1. The van der Waals surface area contributed by atoms with Gasteiger partial charge < -0.3 is 15.4 Å². The molecule has 146 valence electrons. The number of aryl methyl sites for hydroxylation is 2. The van der Waals surface area contributed by atoms with E-state index in [9.17, 15) is 4.79 Å². The second-order valence-corrected chi connectivity index (χ2v) is 6.88. The molecule has 1 aromatic carbocycles. The molecule has 0 aliphatic heterocycles. The molecular formula is C21H25N5O2. The lowest BCUT2D eigenvalue weighted by Gasteiger charge is -2.15. The SMILES string of the molecule is COc1ccc(NC(=O)N[C@@H]2C=C[C@H](c3c(C)nn(CCC#N)c3C)C2)cc1. The Morgan fingerprint density at radius 1 is 1.32 bits per heavy atom. The number of ether oxygens (including phenoxy) is 1. The first-order valence-corrected chi connectivity index (χ1v) is 9.32. The molecule has 3 rings (SSSR count). The summed E-state index contributed by atoms with van der Waals surface area (Å²) in [5.41, 5.74) is 3.97. The van der Waals surface area contributed by atoms with Gasteiger partial charge in [0.05, 0.1) is 31.8 Å². The van der Waals surface area contributed by atoms with Crippen LogP contribution in [0.1, 0.15) is 35.7 Å². The zero-order chi connectivity index (χ0) is 20.1. The molecule has 0 spiro atoms. The number of nitrogens with one attached hydrogen (secondary N) is 2. The summed E-state index contributed by atoms with van der Waals surface area (Å²) in [6.07, 6.45) is 5.40. The average Bonchev–Trinajstić information content (AvgIpc) is 3.24. The van der Waals surface area contributed by atoms with E-state index >= 15 is 0 Å². The number of hydrogen-bond acceptors (Lipinski definition) is 4. The van der Waals surface area contributed by atoms with Gasteiger partial charge in [-0.3, -0.25) is 4.68 Å². The van der Waals surface area contributed by atoms with Crippen LogP contribution in [0.3, 0.4) is 0 Å². The second kappa shape index (κ2) is 8.61. The maximum Gasteiger partial charge on any atom is 0.319 e. The Morgan fingerprint density at radius 2 is 2.07 bits per heavy atom. The molecule has 1 aliphatic carbocycles. The van der Waals surface area contributed by atoms with Crippen molar-refractivity contribution in [2.24, 2.45) is 0 Å². The first-order chi connectivity index (χ1) is 13.5. The van der Waals surface area contributed by atoms with Crippen LogP contribution in [0.5, 0.6) is 5.75 Å². The van der Waals surface area contributed by atoms with E-state index in [2.05, 4.69) is 27.9 Å². The van der Waals surface area contributed by atoms with Crippen molar-refractivity contribution in [3.05, 3.63) is 53.4 Å². The van der Waals surface area contributed by atoms with Crippen LogP contribution in [0.4, 0.5) is 10.5 Å². The van der Waals surface area contributed by atoms with Crippen LogP contribution in [-0.2, 0) is 6.54 Å². The molecule has 2 N–H and O–H groups in total. The van der Waals surface area contributed by atoms with Crippen molar-refractivity contribution >= 4 is 11.7 Å². The highest BCUT2D eigenvalue weighted by atomic mass is 16.5. The number of anilines is 1. The van der Waals surface area contributed by atoms with E-state index in [0.29, 0.717) is 18.7 Å². The number of methoxy groups -OCH3 is 1. The highest BCUT2D eigenvalue weighted by molar-refractivity contribution is 5.89. The second-order valence-electron chi connectivity index (χ2n) is 6.88. The molecule has 0 fully saturated rings. The van der Waals surface area contributed by atoms with Crippen molar-refractivity contribution < 1.29 is 9.53 Å². The van der Waals surface area contributed by atoms with Crippen LogP contribution in [0.25, 0.3) is 0 Å². The molecule has 1 aliphatic rings. The number of aromatic nitrogens is 2. The van der Waals surface area contributed by atoms with Crippen LogP contribution >= 0.6 is 0 Å². The number of urea groups is 1. The first-order valence-electron chi connectivity index (χ1n) is 9.32. The predicted molar refractivity (Wildman–Crippen MR) is 107 cm³/mol. The highest BCUT2D eigenvalue weighted by Gasteiger charge is 2.26. The van der Waals surface area contributed by atoms with Gasteiger partial charge in [-0.15, -0.1) is 0 Å². The van der Waals surface area contributed by atoms with Gasteiger partial charge >= 0.3 is 6.03 Å². The summed E-state index contributed by atoms with van der Waals surface area (Å²) in [6, 6.07) is 9.09. The number of allylic oxidation sites excluding steroid dienone is 1. The van der Waals surface area contributed by atoms with E-state index in [1.54, 1.807) is 31.4 Å². The molecule has 0 unspecified atom stereocenters. The number of carbonyl (C=O) groups excluding carboxylic acids is 1. The lowest BCUT2D eigenvalue weighted by molar-refractivity contribution is 0.250. The number of nitrogens with zero attached hydrogens (tertiary/aromatic N) is 3. The minimum atomic E-state index is -0.237. The summed E-state index contributed by atoms with van der Waals surface area (Å²) in [4.78, 5) is 12.3. The van der Waals surface area contributed by atoms with Crippen LogP contribution in [-0.4, -0.2) is 29.0 Å². The molecule has 0 bridgehead atoms. The van der Waals surface area contributed by atoms with Gasteiger partial charge in [0.2, 0.25) is 0 Å². The van der Waals surface area contributed by atoms with E-state index in [1.807, 2.05) is 24.6 Å². The number of nitriles is 1. The fraction of sp³-hybridized carbons (Fsp3) is 0.381. The van der Waals surface area contributed by atoms with Crippen molar-refractivity contribution in [2.75, 3.05) is 12.4 Å². The lowest BCUT2D eigenvalue weighted by atomic mass is 9.96. The van der Waals surface area contributed by atoms with Crippen molar-refractivity contribution in [3.63, 3.8) is 0 Å². The standard InChI is InChI=1S/C21H25N5O2/c1-14-20(15(2)26(25-14)12-4-11-22)16-5-6-18(13-16)24-21(27)23-17-7-9-19(28-3)10-8-17/h5-10,16,18H,4,12-13H2,1-3H3,(H2,23,24,27)/t16-,18+/m0/s1. The van der Waals surface area contributed by atoms with Crippen LogP contribution in [0.15, 0.2) is 36.4 Å². The molecule has 7 nitrogen and oxygen atoms in total. The van der Waals surface area contributed by atoms with Crippen molar-refractivity contribution in [1.82, 2.24) is 15.1 Å². The zero-order valence-corrected chi connectivity index (χ0v) is 16.4. The third kappa shape index (κ3) is 4.34. The molecule has 28 heavy (non-hydrogen) atoms. The van der Waals surface area contributed by atoms with E-state index in [4.69, 9.17) is 10.00 Å². The third-order valence-electron chi connectivity index (χ3n) is 4.99. The molecule has 1 heterocycles. The van der Waals surface area contributed by atoms with E-state index in [-0.39, 0.29) is 18.0 Å². The van der Waals surface area contributed by atoms with E-state index in [1.165, 1.54) is 5.56 Å². The minimum absolute atomic E-state index is 0.0375. The fourth-order valence-corrected chi connectivity index (χ4v) is 3.65. The Kier molecular flexibility index (Phi) is 5.99. The molecule has 7 heteroatoms. The zero-order valence-electron chi connectivity index (χ0n) is 16.4. The normalized spacial score (nSPS) is 17.9. The molecule has 0 radical (unpaired) electrons. The van der Waals surface area contributed by atoms with E-state index < -0.39 is 0 Å². The van der Waals surface area contributed by atoms with E-state index in [0.717, 1.165) is 23.6 Å². The number of benzene rings is 1. The largest absolute Gasteiger partial charge is 0.497 e. The molecule has 2 amide bonds. The quantitative estimate of drug-likeness (QED) is 0.749. The predicted octanol–water partition coefficient (Wildman–Crippen LogP) is 3.66. The van der Waals surface area contributed by atoms with Crippen LogP contribution in [0, 0.1) is 25.2 Å². The minimum Gasteiger partial charge on any atom is -0.497 e. The number of hydrogen-bond donors (Lipinski definition) is 2. The van der Waals surface area contributed by atoms with Gasteiger partial charge in [0, 0.05) is 28.9 Å². The Hall–Kier alpha value is -3.27. The average molecular weight is 379 g/mol. The lowest BCUT2D eigenvalue weighted by Crippen LogP contribution is -2.36. The van der Waals surface area contributed by atoms with Crippen LogP contribution < -0.4 is 15.4 Å². The van der Waals surface area contributed by atoms with Gasteiger partial charge in [-0.25, -0.2) is 4.79 Å². The number of amides is 2. The summed E-state index contributed by atoms with van der Waals surface area (Å²) in [7, 11) is 1.61. The Labute approximate surface area is 165 Å². The summed E-state index contributed by atoms with van der Waals surface area (Å²) < 4.78 is 7.02. The van der Waals surface area contributed by atoms with Gasteiger partial charge in [0.1, 0.15) is 5.75 Å². The fourth-order valence-electron chi connectivity index (χ4n) is 3.65. The highest BCUT2D eigenvalue weighted by Crippen LogP contribution is 2.33.